The average Bonchev–Trinajstić information content (AvgIpc) is 2.30. The van der Waals surface area contributed by atoms with Crippen molar-refractivity contribution in [1.82, 2.24) is 4.81 Å². The Morgan fingerprint density at radius 1 is 1.64 bits per heavy atom. The van der Waals surface area contributed by atoms with Crippen molar-refractivity contribution in [2.45, 2.75) is 40.1 Å². The zero-order valence-corrected chi connectivity index (χ0v) is 8.09. The van der Waals surface area contributed by atoms with Crippen LogP contribution in [0.3, 0.4) is 0 Å². The fourth-order valence-corrected chi connectivity index (χ4v) is 1.80. The van der Waals surface area contributed by atoms with Crippen LogP contribution in [0, 0.1) is 0 Å². The van der Waals surface area contributed by atoms with E-state index < -0.39 is 0 Å². The minimum atomic E-state index is 0.689. The zero-order chi connectivity index (χ0) is 8.43. The molecule has 0 aliphatic carbocycles. The molecule has 1 nitrogen and oxygen atoms in total. The highest BCUT2D eigenvalue weighted by molar-refractivity contribution is 6.62. The Balaban J connectivity index is 2.59. The third-order valence-electron chi connectivity index (χ3n) is 2.42. The average molecular weight is 151 g/mol. The van der Waals surface area contributed by atoms with Gasteiger partial charge in [-0.05, 0) is 13.0 Å². The van der Waals surface area contributed by atoms with E-state index in [1.54, 1.807) is 0 Å². The molecule has 0 unspecified atom stereocenters. The first-order chi connectivity index (χ1) is 5.15. The van der Waals surface area contributed by atoms with E-state index in [0.29, 0.717) is 12.9 Å². The fraction of sp³-hybridized carbons (Fsp3) is 0.778. The van der Waals surface area contributed by atoms with E-state index in [4.69, 9.17) is 0 Å². The van der Waals surface area contributed by atoms with Crippen LogP contribution < -0.4 is 0 Å². The molecular weight excluding hydrogens is 133 g/mol. The standard InChI is InChI=1S/C9H18BN/c1-5-10-6-9(4)7-11(10)8(2)3/h6,8H,5,7H2,1-4H3. The van der Waals surface area contributed by atoms with Crippen molar-refractivity contribution < 1.29 is 0 Å². The van der Waals surface area contributed by atoms with Crippen LogP contribution in [0.5, 0.6) is 0 Å². The van der Waals surface area contributed by atoms with Gasteiger partial charge in [-0.15, -0.1) is 0 Å². The van der Waals surface area contributed by atoms with Gasteiger partial charge in [-0.3, -0.25) is 0 Å². The predicted octanol–water partition coefficient (Wildman–Crippen LogP) is 2.21. The van der Waals surface area contributed by atoms with E-state index in [9.17, 15) is 0 Å². The summed E-state index contributed by atoms with van der Waals surface area (Å²) in [4.78, 5) is 2.55. The Bertz CT molecular complexity index is 163. The topological polar surface area (TPSA) is 3.24 Å². The van der Waals surface area contributed by atoms with Crippen LogP contribution in [0.1, 0.15) is 27.7 Å². The highest BCUT2D eigenvalue weighted by Gasteiger charge is 2.26. The maximum Gasteiger partial charge on any atom is 0.250 e. The molecule has 1 rings (SSSR count). The Hall–Kier alpha value is -0.235. The summed E-state index contributed by atoms with van der Waals surface area (Å²) in [6.45, 7) is 10.9. The second kappa shape index (κ2) is 3.44. The first-order valence-corrected chi connectivity index (χ1v) is 4.58. The van der Waals surface area contributed by atoms with E-state index in [0.717, 1.165) is 0 Å². The third kappa shape index (κ3) is 1.87. The molecule has 1 heterocycles. The van der Waals surface area contributed by atoms with E-state index in [1.807, 2.05) is 0 Å². The van der Waals surface area contributed by atoms with E-state index >= 15 is 0 Å². The summed E-state index contributed by atoms with van der Waals surface area (Å²) >= 11 is 0. The lowest BCUT2D eigenvalue weighted by Crippen LogP contribution is -2.39. The molecule has 1 aliphatic heterocycles. The van der Waals surface area contributed by atoms with Crippen LogP contribution in [-0.4, -0.2) is 24.2 Å². The van der Waals surface area contributed by atoms with Gasteiger partial charge in [0.2, 0.25) is 6.85 Å². The highest BCUT2D eigenvalue weighted by atomic mass is 15.1. The molecule has 11 heavy (non-hydrogen) atoms. The SMILES string of the molecule is CCB1C=C(C)CN1C(C)C. The Morgan fingerprint density at radius 2 is 2.27 bits per heavy atom. The molecule has 0 saturated carbocycles. The van der Waals surface area contributed by atoms with Gasteiger partial charge in [0.05, 0.1) is 0 Å². The molecule has 0 radical (unpaired) electrons. The molecule has 0 bridgehead atoms. The molecule has 0 aromatic rings. The third-order valence-corrected chi connectivity index (χ3v) is 2.42. The summed E-state index contributed by atoms with van der Waals surface area (Å²) in [6, 6.07) is 0.689. The molecule has 62 valence electrons. The fourth-order valence-electron chi connectivity index (χ4n) is 1.80. The second-order valence-corrected chi connectivity index (χ2v) is 3.75. The van der Waals surface area contributed by atoms with Gasteiger partial charge in [-0.25, -0.2) is 0 Å². The Labute approximate surface area is 70.6 Å². The van der Waals surface area contributed by atoms with Gasteiger partial charge in [-0.1, -0.05) is 38.6 Å². The minimum Gasteiger partial charge on any atom is -0.333 e. The molecule has 0 fully saturated rings. The normalized spacial score (nSPS) is 19.7. The largest absolute Gasteiger partial charge is 0.333 e. The maximum atomic E-state index is 2.55. The Morgan fingerprint density at radius 3 is 2.64 bits per heavy atom. The summed E-state index contributed by atoms with van der Waals surface area (Å²) in [5.74, 6) is 2.40. The van der Waals surface area contributed by atoms with Gasteiger partial charge in [0.25, 0.3) is 0 Å². The predicted molar refractivity (Wildman–Crippen MR) is 51.8 cm³/mol. The van der Waals surface area contributed by atoms with Crippen LogP contribution in [0.25, 0.3) is 0 Å². The molecule has 0 aromatic heterocycles. The van der Waals surface area contributed by atoms with Crippen LogP contribution in [0.15, 0.2) is 11.5 Å². The summed E-state index contributed by atoms with van der Waals surface area (Å²) in [5, 5.41) is 0. The van der Waals surface area contributed by atoms with Gasteiger partial charge in [0.1, 0.15) is 0 Å². The summed E-state index contributed by atoms with van der Waals surface area (Å²) < 4.78 is 0. The molecule has 0 N–H and O–H groups in total. The number of hydrogen-bond acceptors (Lipinski definition) is 1. The van der Waals surface area contributed by atoms with Crippen LogP contribution >= 0.6 is 0 Å². The van der Waals surface area contributed by atoms with E-state index in [-0.39, 0.29) is 0 Å². The summed E-state index contributed by atoms with van der Waals surface area (Å²) in [7, 11) is 0. The van der Waals surface area contributed by atoms with Crippen LogP contribution in [0.2, 0.25) is 6.32 Å². The lowest BCUT2D eigenvalue weighted by molar-refractivity contribution is 0.400. The summed E-state index contributed by atoms with van der Waals surface area (Å²) in [6.07, 6.45) is 1.25. The molecule has 0 saturated heterocycles. The molecule has 0 atom stereocenters. The van der Waals surface area contributed by atoms with Crippen molar-refractivity contribution in [1.29, 1.82) is 0 Å². The lowest BCUT2D eigenvalue weighted by atomic mass is 9.59. The molecule has 1 aliphatic rings. The lowest BCUT2D eigenvalue weighted by Gasteiger charge is -2.25. The van der Waals surface area contributed by atoms with Crippen LogP contribution in [0.4, 0.5) is 0 Å². The number of rotatable bonds is 2. The first-order valence-electron chi connectivity index (χ1n) is 4.58. The van der Waals surface area contributed by atoms with Gasteiger partial charge in [0.15, 0.2) is 0 Å². The monoisotopic (exact) mass is 151 g/mol. The first kappa shape index (κ1) is 8.86. The highest BCUT2D eigenvalue weighted by Crippen LogP contribution is 2.17. The maximum absolute atomic E-state index is 2.55. The molecule has 0 spiro atoms. The van der Waals surface area contributed by atoms with Crippen molar-refractivity contribution >= 4 is 6.85 Å². The second-order valence-electron chi connectivity index (χ2n) is 3.75. The van der Waals surface area contributed by atoms with Crippen molar-refractivity contribution in [3.63, 3.8) is 0 Å². The van der Waals surface area contributed by atoms with Crippen LogP contribution in [-0.2, 0) is 0 Å². The molecular formula is C9H18BN. The molecule has 0 amide bonds. The molecule has 2 heteroatoms. The minimum absolute atomic E-state index is 0.689. The zero-order valence-electron chi connectivity index (χ0n) is 8.09. The number of hydrogen-bond donors (Lipinski definition) is 0. The van der Waals surface area contributed by atoms with Crippen molar-refractivity contribution in [3.05, 3.63) is 11.5 Å². The Kier molecular flexibility index (Phi) is 2.77. The molecule has 0 aromatic carbocycles. The smallest absolute Gasteiger partial charge is 0.250 e. The summed E-state index contributed by atoms with van der Waals surface area (Å²) in [5.41, 5.74) is 1.53. The van der Waals surface area contributed by atoms with Gasteiger partial charge in [-0.2, -0.15) is 0 Å². The van der Waals surface area contributed by atoms with Crippen molar-refractivity contribution in [3.8, 4) is 0 Å². The van der Waals surface area contributed by atoms with Crippen molar-refractivity contribution in [2.75, 3.05) is 6.54 Å². The van der Waals surface area contributed by atoms with Crippen molar-refractivity contribution in [2.24, 2.45) is 0 Å². The van der Waals surface area contributed by atoms with E-state index in [1.165, 1.54) is 18.4 Å². The quantitative estimate of drug-likeness (QED) is 0.547. The van der Waals surface area contributed by atoms with E-state index in [2.05, 4.69) is 38.5 Å². The number of nitrogens with zero attached hydrogens (tertiary/aromatic N) is 1. The van der Waals surface area contributed by atoms with Gasteiger partial charge in [0, 0.05) is 6.54 Å². The van der Waals surface area contributed by atoms with Gasteiger partial charge >= 0.3 is 0 Å². The van der Waals surface area contributed by atoms with Gasteiger partial charge < -0.3 is 4.81 Å².